The van der Waals surface area contributed by atoms with Crippen molar-refractivity contribution in [2.75, 3.05) is 40.4 Å². The quantitative estimate of drug-likeness (QED) is 0.849. The highest BCUT2D eigenvalue weighted by Gasteiger charge is 2.20. The maximum Gasteiger partial charge on any atom is 0.119 e. The van der Waals surface area contributed by atoms with Gasteiger partial charge in [-0.25, -0.2) is 0 Å². The van der Waals surface area contributed by atoms with Crippen LogP contribution in [0.1, 0.15) is 0 Å². The van der Waals surface area contributed by atoms with Crippen molar-refractivity contribution in [2.24, 2.45) is 0 Å². The van der Waals surface area contributed by atoms with Crippen LogP contribution in [0.2, 0.25) is 0 Å². The van der Waals surface area contributed by atoms with Crippen LogP contribution in [0.3, 0.4) is 0 Å². The molecule has 4 nitrogen and oxygen atoms in total. The van der Waals surface area contributed by atoms with Gasteiger partial charge in [-0.15, -0.1) is 12.4 Å². The molecule has 1 aromatic carbocycles. The molecule has 1 N–H and O–H groups in total. The molecule has 1 aromatic rings. The minimum absolute atomic E-state index is 0. The Hall–Kier alpha value is -0.970. The average molecular weight is 273 g/mol. The van der Waals surface area contributed by atoms with Gasteiger partial charge < -0.3 is 14.8 Å². The van der Waals surface area contributed by atoms with Crippen molar-refractivity contribution in [2.45, 2.75) is 6.04 Å². The van der Waals surface area contributed by atoms with Gasteiger partial charge in [-0.3, -0.25) is 4.90 Å². The molecule has 2 rings (SSSR count). The summed E-state index contributed by atoms with van der Waals surface area (Å²) in [5.74, 6) is 1.75. The minimum Gasteiger partial charge on any atom is -0.497 e. The monoisotopic (exact) mass is 272 g/mol. The molecule has 0 aromatic heterocycles. The minimum atomic E-state index is 0. The highest BCUT2D eigenvalue weighted by molar-refractivity contribution is 5.85. The fourth-order valence-electron chi connectivity index (χ4n) is 1.75. The van der Waals surface area contributed by atoms with E-state index in [0.29, 0.717) is 6.04 Å². The van der Waals surface area contributed by atoms with E-state index < -0.39 is 0 Å². The van der Waals surface area contributed by atoms with Crippen LogP contribution < -0.4 is 14.8 Å². The molecule has 102 valence electrons. The number of benzene rings is 1. The van der Waals surface area contributed by atoms with Crippen molar-refractivity contribution in [3.05, 3.63) is 24.3 Å². The summed E-state index contributed by atoms with van der Waals surface area (Å²) >= 11 is 0. The lowest BCUT2D eigenvalue weighted by Crippen LogP contribution is -2.56. The molecule has 1 aliphatic rings. The largest absolute Gasteiger partial charge is 0.497 e. The second-order valence-electron chi connectivity index (χ2n) is 4.32. The summed E-state index contributed by atoms with van der Waals surface area (Å²) in [5.41, 5.74) is 0. The molecule has 1 saturated heterocycles. The molecular formula is C13H21ClN2O2. The van der Waals surface area contributed by atoms with Crippen LogP contribution in [0.5, 0.6) is 11.5 Å². The summed E-state index contributed by atoms with van der Waals surface area (Å²) in [4.78, 5) is 2.33. The third-order valence-corrected chi connectivity index (χ3v) is 3.16. The molecule has 18 heavy (non-hydrogen) atoms. The first kappa shape index (κ1) is 15.1. The molecule has 5 heteroatoms. The molecule has 1 heterocycles. The van der Waals surface area contributed by atoms with Gasteiger partial charge in [0.15, 0.2) is 0 Å². The predicted octanol–water partition coefficient (Wildman–Crippen LogP) is 1.40. The zero-order valence-corrected chi connectivity index (χ0v) is 11.7. The van der Waals surface area contributed by atoms with E-state index in [-0.39, 0.29) is 12.4 Å². The van der Waals surface area contributed by atoms with Crippen molar-refractivity contribution in [3.63, 3.8) is 0 Å². The van der Waals surface area contributed by atoms with Crippen molar-refractivity contribution in [1.29, 1.82) is 0 Å². The van der Waals surface area contributed by atoms with E-state index >= 15 is 0 Å². The van der Waals surface area contributed by atoms with Gasteiger partial charge in [0.25, 0.3) is 0 Å². The number of ether oxygens (including phenoxy) is 2. The molecule has 0 aliphatic carbocycles. The Morgan fingerprint density at radius 3 is 2.33 bits per heavy atom. The highest BCUT2D eigenvalue weighted by Crippen LogP contribution is 2.16. The summed E-state index contributed by atoms with van der Waals surface area (Å²) in [7, 11) is 3.81. The predicted molar refractivity (Wildman–Crippen MR) is 75.0 cm³/mol. The lowest BCUT2D eigenvalue weighted by Gasteiger charge is -2.35. The molecule has 0 atom stereocenters. The Kier molecular flexibility index (Phi) is 6.25. The smallest absolute Gasteiger partial charge is 0.119 e. The maximum absolute atomic E-state index is 5.68. The van der Waals surface area contributed by atoms with Crippen LogP contribution in [0.15, 0.2) is 24.3 Å². The van der Waals surface area contributed by atoms with E-state index in [0.717, 1.165) is 37.7 Å². The standard InChI is InChI=1S/C13H20N2O2.ClH/c1-15(11-9-14-10-11)7-8-17-13-5-3-12(16-2)4-6-13;/h3-6,11,14H,7-10H2,1-2H3;1H. The van der Waals surface area contributed by atoms with E-state index in [1.54, 1.807) is 7.11 Å². The van der Waals surface area contributed by atoms with Gasteiger partial charge in [0.1, 0.15) is 18.1 Å². The SMILES string of the molecule is COc1ccc(OCCN(C)C2CNC2)cc1.Cl. The summed E-state index contributed by atoms with van der Waals surface area (Å²) in [5, 5.41) is 3.27. The number of methoxy groups -OCH3 is 1. The average Bonchev–Trinajstić information content (AvgIpc) is 2.27. The van der Waals surface area contributed by atoms with E-state index in [1.807, 2.05) is 24.3 Å². The van der Waals surface area contributed by atoms with Crippen LogP contribution in [0, 0.1) is 0 Å². The van der Waals surface area contributed by atoms with E-state index in [1.165, 1.54) is 0 Å². The zero-order valence-electron chi connectivity index (χ0n) is 10.9. The fraction of sp³-hybridized carbons (Fsp3) is 0.538. The Bertz CT molecular complexity index is 341. The first-order valence-corrected chi connectivity index (χ1v) is 5.97. The van der Waals surface area contributed by atoms with Gasteiger partial charge in [0.2, 0.25) is 0 Å². The van der Waals surface area contributed by atoms with Crippen LogP contribution in [-0.4, -0.2) is 51.3 Å². The molecule has 0 radical (unpaired) electrons. The van der Waals surface area contributed by atoms with Gasteiger partial charge in [0.05, 0.1) is 7.11 Å². The first-order valence-electron chi connectivity index (χ1n) is 5.97. The second-order valence-corrected chi connectivity index (χ2v) is 4.32. The number of hydrogen-bond donors (Lipinski definition) is 1. The first-order chi connectivity index (χ1) is 8.29. The highest BCUT2D eigenvalue weighted by atomic mass is 35.5. The van der Waals surface area contributed by atoms with Crippen molar-refractivity contribution in [1.82, 2.24) is 10.2 Å². The summed E-state index contributed by atoms with van der Waals surface area (Å²) in [6, 6.07) is 8.37. The van der Waals surface area contributed by atoms with Crippen LogP contribution in [0.4, 0.5) is 0 Å². The lowest BCUT2D eigenvalue weighted by atomic mass is 10.1. The molecule has 0 bridgehead atoms. The molecular weight excluding hydrogens is 252 g/mol. The third-order valence-electron chi connectivity index (χ3n) is 3.16. The van der Waals surface area contributed by atoms with Gasteiger partial charge >= 0.3 is 0 Å². The Morgan fingerprint density at radius 1 is 1.22 bits per heavy atom. The molecule has 0 amide bonds. The van der Waals surface area contributed by atoms with Gasteiger partial charge in [-0.05, 0) is 31.3 Å². The Labute approximate surface area is 115 Å². The number of hydrogen-bond acceptors (Lipinski definition) is 4. The molecule has 0 spiro atoms. The lowest BCUT2D eigenvalue weighted by molar-refractivity contribution is 0.151. The van der Waals surface area contributed by atoms with E-state index in [9.17, 15) is 0 Å². The topological polar surface area (TPSA) is 33.7 Å². The van der Waals surface area contributed by atoms with E-state index in [4.69, 9.17) is 9.47 Å². The summed E-state index contributed by atoms with van der Waals surface area (Å²) in [6.45, 7) is 3.87. The summed E-state index contributed by atoms with van der Waals surface area (Å²) < 4.78 is 10.8. The van der Waals surface area contributed by atoms with Crippen molar-refractivity contribution < 1.29 is 9.47 Å². The molecule has 1 fully saturated rings. The Morgan fingerprint density at radius 2 is 1.83 bits per heavy atom. The van der Waals surface area contributed by atoms with Crippen LogP contribution >= 0.6 is 12.4 Å². The third kappa shape index (κ3) is 4.05. The molecule has 1 aliphatic heterocycles. The molecule has 0 unspecified atom stereocenters. The number of rotatable bonds is 6. The van der Waals surface area contributed by atoms with Gasteiger partial charge in [-0.2, -0.15) is 0 Å². The normalized spacial score (nSPS) is 14.8. The number of likely N-dealkylation sites (N-methyl/N-ethyl adjacent to an activating group) is 1. The number of nitrogens with zero attached hydrogens (tertiary/aromatic N) is 1. The van der Waals surface area contributed by atoms with Crippen LogP contribution in [-0.2, 0) is 0 Å². The Balaban J connectivity index is 0.00000162. The second kappa shape index (κ2) is 7.46. The number of nitrogens with one attached hydrogen (secondary N) is 1. The van der Waals surface area contributed by atoms with Gasteiger partial charge in [-0.1, -0.05) is 0 Å². The zero-order chi connectivity index (χ0) is 12.1. The van der Waals surface area contributed by atoms with Crippen molar-refractivity contribution >= 4 is 12.4 Å². The molecule has 0 saturated carbocycles. The summed E-state index contributed by atoms with van der Waals surface area (Å²) in [6.07, 6.45) is 0. The fourth-order valence-corrected chi connectivity index (χ4v) is 1.75. The van der Waals surface area contributed by atoms with Crippen LogP contribution in [0.25, 0.3) is 0 Å². The van der Waals surface area contributed by atoms with Crippen molar-refractivity contribution in [3.8, 4) is 11.5 Å². The van der Waals surface area contributed by atoms with E-state index in [2.05, 4.69) is 17.3 Å². The maximum atomic E-state index is 5.68. The van der Waals surface area contributed by atoms with Gasteiger partial charge in [0, 0.05) is 25.7 Å². The number of halogens is 1.